The van der Waals surface area contributed by atoms with Gasteiger partial charge in [-0.1, -0.05) is 42.5 Å². The zero-order valence-electron chi connectivity index (χ0n) is 15.4. The smallest absolute Gasteiger partial charge is 0.116 e. The van der Waals surface area contributed by atoms with Crippen molar-refractivity contribution < 1.29 is 0 Å². The number of aryl methyl sites for hydroxylation is 1. The summed E-state index contributed by atoms with van der Waals surface area (Å²) in [5.74, 6) is 0. The van der Waals surface area contributed by atoms with Crippen LogP contribution in [0.15, 0.2) is 42.7 Å². The van der Waals surface area contributed by atoms with Gasteiger partial charge in [0, 0.05) is 30.7 Å². The van der Waals surface area contributed by atoms with Crippen LogP contribution < -0.4 is 10.1 Å². The van der Waals surface area contributed by atoms with Gasteiger partial charge in [0.2, 0.25) is 0 Å². The summed E-state index contributed by atoms with van der Waals surface area (Å²) in [5, 5.41) is 2.61. The van der Waals surface area contributed by atoms with Crippen LogP contribution in [0.25, 0.3) is 22.2 Å². The Morgan fingerprint density at radius 2 is 1.67 bits per heavy atom. The fourth-order valence-corrected chi connectivity index (χ4v) is 5.04. The third kappa shape index (κ3) is 3.06. The van der Waals surface area contributed by atoms with Crippen LogP contribution in [0.1, 0.15) is 5.56 Å². The first-order chi connectivity index (χ1) is 11.3. The van der Waals surface area contributed by atoms with E-state index in [0.717, 1.165) is 22.3 Å². The second-order valence-corrected chi connectivity index (χ2v) is 12.6. The van der Waals surface area contributed by atoms with E-state index >= 15 is 0 Å². The van der Waals surface area contributed by atoms with E-state index in [9.17, 15) is 0 Å². The highest BCUT2D eigenvalue weighted by molar-refractivity contribution is 6.89. The molecule has 3 aromatic rings. The topological polar surface area (TPSA) is 29.0 Å². The third-order valence-electron chi connectivity index (χ3n) is 4.44. The molecule has 0 saturated carbocycles. The summed E-state index contributed by atoms with van der Waals surface area (Å²) in [6, 6.07) is 13.1. The van der Waals surface area contributed by atoms with Crippen LogP contribution in [0.5, 0.6) is 0 Å². The van der Waals surface area contributed by atoms with Gasteiger partial charge in [0.15, 0.2) is 0 Å². The minimum absolute atomic E-state index is 0.984. The summed E-state index contributed by atoms with van der Waals surface area (Å²) < 4.78 is 0. The molecule has 3 rings (SSSR count). The minimum atomic E-state index is -1.31. The lowest BCUT2D eigenvalue weighted by atomic mass is 10.0. The molecule has 0 aliphatic rings. The van der Waals surface area contributed by atoms with Crippen LogP contribution in [0.3, 0.4) is 0 Å². The highest BCUT2D eigenvalue weighted by Crippen LogP contribution is 2.28. The van der Waals surface area contributed by atoms with Gasteiger partial charge in [-0.25, -0.2) is 9.97 Å². The fraction of sp³-hybridized carbons (Fsp3) is 0.300. The van der Waals surface area contributed by atoms with Crippen molar-refractivity contribution in [1.82, 2.24) is 9.97 Å². The molecule has 0 amide bonds. The fourth-order valence-electron chi connectivity index (χ4n) is 3.21. The van der Waals surface area contributed by atoms with Gasteiger partial charge in [0.05, 0.1) is 19.3 Å². The Balaban J connectivity index is 2.15. The van der Waals surface area contributed by atoms with Crippen molar-refractivity contribution in [2.75, 3.05) is 19.0 Å². The second kappa shape index (κ2) is 6.02. The third-order valence-corrected chi connectivity index (χ3v) is 6.62. The molecule has 0 spiro atoms. The Morgan fingerprint density at radius 1 is 0.917 bits per heavy atom. The van der Waals surface area contributed by atoms with Gasteiger partial charge in [-0.2, -0.15) is 0 Å². The van der Waals surface area contributed by atoms with E-state index in [1.54, 1.807) is 6.33 Å². The Bertz CT molecular complexity index is 895. The summed E-state index contributed by atoms with van der Waals surface area (Å²) >= 11 is 0. The zero-order valence-corrected chi connectivity index (χ0v) is 16.4. The number of hydrogen-bond acceptors (Lipinski definition) is 3. The molecule has 4 heteroatoms. The highest BCUT2D eigenvalue weighted by atomic mass is 28.3. The molecule has 24 heavy (non-hydrogen) atoms. The van der Waals surface area contributed by atoms with Crippen LogP contribution in [-0.4, -0.2) is 32.1 Å². The number of anilines is 1. The first kappa shape index (κ1) is 16.6. The number of fused-ring (bicyclic) bond motifs is 1. The van der Waals surface area contributed by atoms with Gasteiger partial charge in [-0.15, -0.1) is 0 Å². The quantitative estimate of drug-likeness (QED) is 0.671. The molecule has 2 aromatic carbocycles. The van der Waals surface area contributed by atoms with Crippen molar-refractivity contribution in [3.63, 3.8) is 0 Å². The Kier molecular flexibility index (Phi) is 4.18. The summed E-state index contributed by atoms with van der Waals surface area (Å²) in [7, 11) is 2.77. The van der Waals surface area contributed by atoms with Gasteiger partial charge in [-0.3, -0.25) is 0 Å². The van der Waals surface area contributed by atoms with Crippen molar-refractivity contribution in [2.24, 2.45) is 0 Å². The van der Waals surface area contributed by atoms with Gasteiger partial charge in [0.25, 0.3) is 0 Å². The van der Waals surface area contributed by atoms with E-state index in [1.807, 2.05) is 14.1 Å². The van der Waals surface area contributed by atoms with E-state index < -0.39 is 8.07 Å². The largest absolute Gasteiger partial charge is 0.378 e. The van der Waals surface area contributed by atoms with Crippen molar-refractivity contribution in [2.45, 2.75) is 26.6 Å². The number of rotatable bonds is 3. The van der Waals surface area contributed by atoms with Gasteiger partial charge in [-0.05, 0) is 31.2 Å². The molecule has 3 nitrogen and oxygen atoms in total. The molecule has 0 aliphatic carbocycles. The molecule has 0 saturated heterocycles. The van der Waals surface area contributed by atoms with Crippen LogP contribution in [0, 0.1) is 6.92 Å². The lowest BCUT2D eigenvalue weighted by Crippen LogP contribution is -2.39. The second-order valence-electron chi connectivity index (χ2n) is 7.60. The average molecular weight is 336 g/mol. The Morgan fingerprint density at radius 3 is 2.29 bits per heavy atom. The minimum Gasteiger partial charge on any atom is -0.378 e. The maximum Gasteiger partial charge on any atom is 0.116 e. The van der Waals surface area contributed by atoms with Crippen molar-refractivity contribution in [3.05, 3.63) is 48.3 Å². The number of nitrogens with zero attached hydrogens (tertiary/aromatic N) is 3. The summed E-state index contributed by atoms with van der Waals surface area (Å²) in [4.78, 5) is 11.1. The van der Waals surface area contributed by atoms with E-state index in [2.05, 4.69) is 77.8 Å². The Hall–Kier alpha value is -2.20. The summed E-state index contributed by atoms with van der Waals surface area (Å²) in [5.41, 5.74) is 5.67. The monoisotopic (exact) mass is 335 g/mol. The molecule has 1 heterocycles. The first-order valence-electron chi connectivity index (χ1n) is 8.31. The van der Waals surface area contributed by atoms with E-state index in [-0.39, 0.29) is 0 Å². The zero-order chi connectivity index (χ0) is 17.5. The molecule has 1 aromatic heterocycles. The van der Waals surface area contributed by atoms with Crippen LogP contribution in [-0.2, 0) is 0 Å². The maximum absolute atomic E-state index is 4.57. The highest BCUT2D eigenvalue weighted by Gasteiger charge is 2.19. The number of benzene rings is 2. The van der Waals surface area contributed by atoms with Gasteiger partial charge < -0.3 is 4.90 Å². The molecular weight excluding hydrogens is 310 g/mol. The van der Waals surface area contributed by atoms with Crippen LogP contribution in [0.4, 0.5) is 5.69 Å². The molecule has 0 atom stereocenters. The lowest BCUT2D eigenvalue weighted by molar-refractivity contribution is 1.13. The van der Waals surface area contributed by atoms with Gasteiger partial charge in [0.1, 0.15) is 6.33 Å². The normalized spacial score (nSPS) is 11.8. The molecule has 0 N–H and O–H groups in total. The van der Waals surface area contributed by atoms with Crippen LogP contribution in [0.2, 0.25) is 19.6 Å². The van der Waals surface area contributed by atoms with Crippen molar-refractivity contribution in [3.8, 4) is 11.3 Å². The van der Waals surface area contributed by atoms with Crippen LogP contribution >= 0.6 is 0 Å². The van der Waals surface area contributed by atoms with Gasteiger partial charge >= 0.3 is 0 Å². The Labute approximate surface area is 145 Å². The van der Waals surface area contributed by atoms with E-state index in [4.69, 9.17) is 0 Å². The number of hydrogen-bond donors (Lipinski definition) is 0. The molecule has 0 bridgehead atoms. The predicted molar refractivity (Wildman–Crippen MR) is 107 cm³/mol. The molecule has 0 unspecified atom stereocenters. The molecule has 124 valence electrons. The average Bonchev–Trinajstić information content (AvgIpc) is 2.52. The van der Waals surface area contributed by atoms with E-state index in [0.29, 0.717) is 0 Å². The molecular formula is C20H25N3Si. The van der Waals surface area contributed by atoms with Crippen molar-refractivity contribution in [1.29, 1.82) is 0 Å². The first-order valence-corrected chi connectivity index (χ1v) is 11.8. The molecule has 0 fully saturated rings. The summed E-state index contributed by atoms with van der Waals surface area (Å²) in [6.45, 7) is 9.37. The number of aromatic nitrogens is 2. The standard InChI is InChI=1S/C20H25N3Si/c1-14-11-15(7-10-19(14)24(4,5)6)20-17-9-8-16(23(2)3)12-18(17)21-13-22-20/h7-13H,1-6H3. The van der Waals surface area contributed by atoms with E-state index in [1.165, 1.54) is 16.3 Å². The maximum atomic E-state index is 4.57. The van der Waals surface area contributed by atoms with Crippen molar-refractivity contribution >= 4 is 29.9 Å². The molecule has 0 aliphatic heterocycles. The molecule has 0 radical (unpaired) electrons. The predicted octanol–water partition coefficient (Wildman–Crippen LogP) is 4.22. The lowest BCUT2D eigenvalue weighted by Gasteiger charge is -2.20. The summed E-state index contributed by atoms with van der Waals surface area (Å²) in [6.07, 6.45) is 1.67. The SMILES string of the molecule is Cc1cc(-c2ncnc3cc(N(C)C)ccc23)ccc1[Si](C)(C)C.